The first-order valence-corrected chi connectivity index (χ1v) is 8.91. The summed E-state index contributed by atoms with van der Waals surface area (Å²) in [6.45, 7) is 0. The van der Waals surface area contributed by atoms with Crippen LogP contribution in [0.1, 0.15) is 24.7 Å². The number of benzene rings is 1. The Kier molecular flexibility index (Phi) is 3.89. The first-order chi connectivity index (χ1) is 9.87. The molecule has 1 aromatic carbocycles. The Labute approximate surface area is 139 Å². The van der Waals surface area contributed by atoms with Gasteiger partial charge in [0.15, 0.2) is 0 Å². The molecule has 1 aromatic heterocycles. The maximum Gasteiger partial charge on any atom is 0.329 e. The Balaban J connectivity index is 1.92. The molecule has 0 bridgehead atoms. The number of nitrogens with zero attached hydrogens (tertiary/aromatic N) is 2. The fraction of sp³-hybridized carbons (Fsp3) is 0.273. The minimum atomic E-state index is -4.01. The van der Waals surface area contributed by atoms with Crippen molar-refractivity contribution < 1.29 is 12.8 Å². The maximum atomic E-state index is 12.3. The molecule has 2 aromatic rings. The normalized spacial score (nSPS) is 15.2. The van der Waals surface area contributed by atoms with Gasteiger partial charge in [-0.2, -0.15) is 0 Å². The van der Waals surface area contributed by atoms with Gasteiger partial charge in [0.1, 0.15) is 4.90 Å². The smallest absolute Gasteiger partial charge is 0.329 e. The Morgan fingerprint density at radius 3 is 2.43 bits per heavy atom. The number of hydrogen-bond acceptors (Lipinski definition) is 5. The average molecular weight is 413 g/mol. The van der Waals surface area contributed by atoms with Gasteiger partial charge in [0.05, 0.1) is 10.0 Å². The first-order valence-electron chi connectivity index (χ1n) is 5.87. The molecule has 1 saturated carbocycles. The Morgan fingerprint density at radius 1 is 1.24 bits per heavy atom. The summed E-state index contributed by atoms with van der Waals surface area (Å²) in [5.41, 5.74) is 0. The predicted octanol–water partition coefficient (Wildman–Crippen LogP) is 3.82. The lowest BCUT2D eigenvalue weighted by Gasteiger charge is -2.08. The zero-order valence-corrected chi connectivity index (χ0v) is 14.2. The van der Waals surface area contributed by atoms with Gasteiger partial charge in [0.2, 0.25) is 5.89 Å². The maximum absolute atomic E-state index is 12.3. The topological polar surface area (TPSA) is 85.1 Å². The highest BCUT2D eigenvalue weighted by Gasteiger charge is 2.31. The number of rotatable bonds is 4. The van der Waals surface area contributed by atoms with Gasteiger partial charge in [-0.3, -0.25) is 0 Å². The van der Waals surface area contributed by atoms with E-state index in [4.69, 9.17) is 27.6 Å². The fourth-order valence-electron chi connectivity index (χ4n) is 1.72. The van der Waals surface area contributed by atoms with Crippen molar-refractivity contribution in [2.24, 2.45) is 0 Å². The molecule has 0 saturated heterocycles. The Bertz CT molecular complexity index is 782. The van der Waals surface area contributed by atoms with E-state index in [-0.39, 0.29) is 26.9 Å². The van der Waals surface area contributed by atoms with Crippen molar-refractivity contribution in [3.8, 4) is 0 Å². The van der Waals surface area contributed by atoms with Crippen molar-refractivity contribution in [3.05, 3.63) is 32.5 Å². The molecule has 0 radical (unpaired) electrons. The van der Waals surface area contributed by atoms with Crippen molar-refractivity contribution in [1.82, 2.24) is 10.2 Å². The summed E-state index contributed by atoms with van der Waals surface area (Å²) in [6.07, 6.45) is 1.94. The van der Waals surface area contributed by atoms with Crippen molar-refractivity contribution in [2.45, 2.75) is 23.7 Å². The van der Waals surface area contributed by atoms with Crippen LogP contribution in [0, 0.1) is 0 Å². The molecular formula is C11H8BrCl2N3O3S. The van der Waals surface area contributed by atoms with Gasteiger partial charge in [-0.25, -0.2) is 13.1 Å². The molecule has 0 amide bonds. The molecule has 21 heavy (non-hydrogen) atoms. The number of hydrogen-bond donors (Lipinski definition) is 1. The third-order valence-corrected chi connectivity index (χ3v) is 5.52. The summed E-state index contributed by atoms with van der Waals surface area (Å²) >= 11 is 15.1. The third-order valence-electron chi connectivity index (χ3n) is 2.82. The predicted molar refractivity (Wildman–Crippen MR) is 81.2 cm³/mol. The molecule has 1 fully saturated rings. The quantitative estimate of drug-likeness (QED) is 0.824. The molecule has 6 nitrogen and oxygen atoms in total. The lowest BCUT2D eigenvalue weighted by molar-refractivity contribution is 0.510. The molecule has 0 aliphatic heterocycles. The molecule has 1 aliphatic rings. The van der Waals surface area contributed by atoms with E-state index in [9.17, 15) is 8.42 Å². The van der Waals surface area contributed by atoms with Crippen LogP contribution in [0.15, 0.2) is 25.9 Å². The Hall–Kier alpha value is -0.830. The van der Waals surface area contributed by atoms with E-state index in [1.165, 1.54) is 12.1 Å². The molecule has 0 atom stereocenters. The van der Waals surface area contributed by atoms with Gasteiger partial charge in [-0.1, -0.05) is 44.2 Å². The number of sulfonamides is 1. The van der Waals surface area contributed by atoms with Gasteiger partial charge < -0.3 is 4.42 Å². The molecule has 1 heterocycles. The molecular weight excluding hydrogens is 405 g/mol. The lowest BCUT2D eigenvalue weighted by Crippen LogP contribution is -2.14. The first kappa shape index (κ1) is 15.1. The van der Waals surface area contributed by atoms with Crippen molar-refractivity contribution in [1.29, 1.82) is 0 Å². The van der Waals surface area contributed by atoms with Crippen molar-refractivity contribution >= 4 is 55.2 Å². The van der Waals surface area contributed by atoms with E-state index >= 15 is 0 Å². The van der Waals surface area contributed by atoms with Crippen molar-refractivity contribution in [3.63, 3.8) is 0 Å². The van der Waals surface area contributed by atoms with E-state index in [0.717, 1.165) is 12.8 Å². The van der Waals surface area contributed by atoms with E-state index in [2.05, 4.69) is 30.8 Å². The average Bonchev–Trinajstić information content (AvgIpc) is 3.09. The van der Waals surface area contributed by atoms with Crippen LogP contribution in [-0.2, 0) is 10.0 Å². The van der Waals surface area contributed by atoms with Gasteiger partial charge in [-0.15, -0.1) is 5.10 Å². The highest BCUT2D eigenvalue weighted by atomic mass is 79.9. The second-order valence-corrected chi connectivity index (χ2v) is 7.87. The van der Waals surface area contributed by atoms with Gasteiger partial charge >= 0.3 is 6.01 Å². The number of anilines is 1. The summed E-state index contributed by atoms with van der Waals surface area (Å²) in [5, 5.41) is 7.44. The minimum Gasteiger partial charge on any atom is -0.407 e. The van der Waals surface area contributed by atoms with E-state index in [1.807, 2.05) is 0 Å². The summed E-state index contributed by atoms with van der Waals surface area (Å²) in [6, 6.07) is 2.67. The Morgan fingerprint density at radius 2 is 1.86 bits per heavy atom. The van der Waals surface area contributed by atoms with Gasteiger partial charge in [0.25, 0.3) is 10.0 Å². The summed E-state index contributed by atoms with van der Waals surface area (Å²) in [4.78, 5) is -0.236. The fourth-order valence-corrected chi connectivity index (χ4v) is 4.59. The molecule has 1 aliphatic carbocycles. The molecule has 112 valence electrons. The van der Waals surface area contributed by atoms with Crippen LogP contribution in [-0.4, -0.2) is 18.6 Å². The highest BCUT2D eigenvalue weighted by Crippen LogP contribution is 2.40. The SMILES string of the molecule is O=S(=O)(Nc1nnc(C2CC2)o1)c1c(Cl)cc(Br)cc1Cl. The minimum absolute atomic E-state index is 0.0104. The summed E-state index contributed by atoms with van der Waals surface area (Å²) in [7, 11) is -4.01. The second kappa shape index (κ2) is 5.42. The van der Waals surface area contributed by atoms with Crippen LogP contribution in [0.4, 0.5) is 6.01 Å². The summed E-state index contributed by atoms with van der Waals surface area (Å²) in [5.74, 6) is 0.663. The van der Waals surface area contributed by atoms with Crippen LogP contribution in [0.3, 0.4) is 0 Å². The molecule has 0 spiro atoms. The lowest BCUT2D eigenvalue weighted by atomic mass is 10.4. The van der Waals surface area contributed by atoms with E-state index in [0.29, 0.717) is 10.4 Å². The second-order valence-electron chi connectivity index (χ2n) is 4.52. The molecule has 0 unspecified atom stereocenters. The van der Waals surface area contributed by atoms with Crippen LogP contribution < -0.4 is 4.72 Å². The number of aromatic nitrogens is 2. The summed E-state index contributed by atoms with van der Waals surface area (Å²) < 4.78 is 32.7. The zero-order valence-electron chi connectivity index (χ0n) is 10.3. The molecule has 10 heteroatoms. The molecule has 3 rings (SSSR count). The number of nitrogens with one attached hydrogen (secondary N) is 1. The number of halogens is 3. The molecule has 1 N–H and O–H groups in total. The third kappa shape index (κ3) is 3.18. The van der Waals surface area contributed by atoms with Crippen LogP contribution in [0.5, 0.6) is 0 Å². The van der Waals surface area contributed by atoms with Gasteiger partial charge in [0, 0.05) is 10.4 Å². The highest BCUT2D eigenvalue weighted by molar-refractivity contribution is 9.10. The van der Waals surface area contributed by atoms with E-state index in [1.54, 1.807) is 0 Å². The zero-order chi connectivity index (χ0) is 15.2. The van der Waals surface area contributed by atoms with Crippen LogP contribution >= 0.6 is 39.1 Å². The monoisotopic (exact) mass is 411 g/mol. The van der Waals surface area contributed by atoms with Gasteiger partial charge in [-0.05, 0) is 25.0 Å². The standard InChI is InChI=1S/C11H8BrCl2N3O3S/c12-6-3-7(13)9(8(14)4-6)21(18,19)17-11-16-15-10(20-11)5-1-2-5/h3-5H,1-2H2,(H,16,17). The van der Waals surface area contributed by atoms with E-state index < -0.39 is 10.0 Å². The van der Waals surface area contributed by atoms with Crippen LogP contribution in [0.25, 0.3) is 0 Å². The van der Waals surface area contributed by atoms with Crippen molar-refractivity contribution in [2.75, 3.05) is 4.72 Å². The largest absolute Gasteiger partial charge is 0.407 e. The van der Waals surface area contributed by atoms with Crippen LogP contribution in [0.2, 0.25) is 10.0 Å².